The van der Waals surface area contributed by atoms with Crippen LogP contribution in [-0.2, 0) is 4.79 Å². The van der Waals surface area contributed by atoms with Crippen LogP contribution in [0.4, 0.5) is 0 Å². The SMILES string of the molecule is CCCCC(C)[C@H](O)/C=C/[C@@H]1[C@@H](C/C=C\CCCC(=O)O)[C@@H](Br)C[C@H]1O. The zero-order chi connectivity index (χ0) is 19.5. The second-order valence-corrected chi connectivity index (χ2v) is 8.72. The van der Waals surface area contributed by atoms with Gasteiger partial charge in [0.25, 0.3) is 0 Å². The van der Waals surface area contributed by atoms with Crippen molar-refractivity contribution < 1.29 is 20.1 Å². The lowest BCUT2D eigenvalue weighted by atomic mass is 9.89. The lowest BCUT2D eigenvalue weighted by Crippen LogP contribution is -2.20. The van der Waals surface area contributed by atoms with Gasteiger partial charge in [0.1, 0.15) is 0 Å². The minimum Gasteiger partial charge on any atom is -0.481 e. The summed E-state index contributed by atoms with van der Waals surface area (Å²) in [5.74, 6) is -0.196. The summed E-state index contributed by atoms with van der Waals surface area (Å²) in [6.45, 7) is 4.22. The normalized spacial score (nSPS) is 28.8. The van der Waals surface area contributed by atoms with Crippen LogP contribution in [0, 0.1) is 17.8 Å². The fourth-order valence-electron chi connectivity index (χ4n) is 3.54. The van der Waals surface area contributed by atoms with E-state index in [2.05, 4.69) is 35.9 Å². The molecule has 0 aromatic rings. The number of carboxylic acids is 1. The number of unbranched alkanes of at least 4 members (excludes halogenated alkanes) is 2. The van der Waals surface area contributed by atoms with Crippen molar-refractivity contribution in [2.45, 2.75) is 82.2 Å². The predicted molar refractivity (Wildman–Crippen MR) is 109 cm³/mol. The molecule has 1 aliphatic carbocycles. The molecule has 0 spiro atoms. The van der Waals surface area contributed by atoms with Crippen LogP contribution < -0.4 is 0 Å². The van der Waals surface area contributed by atoms with Gasteiger partial charge in [-0.2, -0.15) is 0 Å². The molecule has 0 aromatic heterocycles. The van der Waals surface area contributed by atoms with Crippen LogP contribution in [0.15, 0.2) is 24.3 Å². The molecule has 5 heteroatoms. The number of aliphatic carboxylic acids is 1. The van der Waals surface area contributed by atoms with Crippen LogP contribution in [0.25, 0.3) is 0 Å². The number of aliphatic hydroxyl groups is 2. The van der Waals surface area contributed by atoms with Gasteiger partial charge in [0, 0.05) is 17.2 Å². The number of halogens is 1. The second-order valence-electron chi connectivity index (χ2n) is 7.55. The lowest BCUT2D eigenvalue weighted by molar-refractivity contribution is -0.137. The van der Waals surface area contributed by atoms with Crippen molar-refractivity contribution in [1.82, 2.24) is 0 Å². The Morgan fingerprint density at radius 3 is 2.69 bits per heavy atom. The molecule has 1 fully saturated rings. The average molecular weight is 431 g/mol. The van der Waals surface area contributed by atoms with Gasteiger partial charge in [-0.3, -0.25) is 4.79 Å². The summed E-state index contributed by atoms with van der Waals surface area (Å²) in [7, 11) is 0. The maximum absolute atomic E-state index is 10.5. The van der Waals surface area contributed by atoms with Gasteiger partial charge < -0.3 is 15.3 Å². The van der Waals surface area contributed by atoms with E-state index in [1.54, 1.807) is 0 Å². The van der Waals surface area contributed by atoms with Gasteiger partial charge in [-0.25, -0.2) is 0 Å². The summed E-state index contributed by atoms with van der Waals surface area (Å²) >= 11 is 3.69. The van der Waals surface area contributed by atoms with Gasteiger partial charge in [0.15, 0.2) is 0 Å². The number of carboxylic acid groups (broad SMARTS) is 1. The minimum atomic E-state index is -0.755. The van der Waals surface area contributed by atoms with Gasteiger partial charge in [0.2, 0.25) is 0 Å². The van der Waals surface area contributed by atoms with E-state index in [9.17, 15) is 15.0 Å². The summed E-state index contributed by atoms with van der Waals surface area (Å²) in [6.07, 6.45) is 13.6. The molecular weight excluding hydrogens is 396 g/mol. The highest BCUT2D eigenvalue weighted by Gasteiger charge is 2.39. The van der Waals surface area contributed by atoms with E-state index in [4.69, 9.17) is 5.11 Å². The predicted octanol–water partition coefficient (Wildman–Crippen LogP) is 4.69. The molecule has 0 bridgehead atoms. The standard InChI is InChI=1S/C21H35BrO4/c1-3-4-9-15(2)19(23)13-12-17-16(18(22)14-20(17)24)10-7-5-6-8-11-21(25)26/h5,7,12-13,15-20,23-24H,3-4,6,8-11,14H2,1-2H3,(H,25,26)/b7-5-,13-12+/t15?,16-,17-,18+,19-,20-/m1/s1. The van der Waals surface area contributed by atoms with Crippen molar-refractivity contribution in [3.05, 3.63) is 24.3 Å². The van der Waals surface area contributed by atoms with E-state index in [-0.39, 0.29) is 35.1 Å². The highest BCUT2D eigenvalue weighted by Crippen LogP contribution is 2.40. The third-order valence-corrected chi connectivity index (χ3v) is 6.39. The van der Waals surface area contributed by atoms with E-state index in [1.165, 1.54) is 0 Å². The first kappa shape index (κ1) is 23.4. The summed E-state index contributed by atoms with van der Waals surface area (Å²) in [4.78, 5) is 10.8. The Bertz CT molecular complexity index is 463. The molecule has 1 rings (SSSR count). The Balaban J connectivity index is 2.54. The number of rotatable bonds is 12. The fourth-order valence-corrected chi connectivity index (χ4v) is 4.49. The molecule has 3 N–H and O–H groups in total. The number of hydrogen-bond donors (Lipinski definition) is 3. The maximum atomic E-state index is 10.5. The Morgan fingerprint density at radius 2 is 2.04 bits per heavy atom. The van der Waals surface area contributed by atoms with Gasteiger partial charge in [-0.05, 0) is 43.9 Å². The zero-order valence-electron chi connectivity index (χ0n) is 16.1. The van der Waals surface area contributed by atoms with E-state index < -0.39 is 12.1 Å². The smallest absolute Gasteiger partial charge is 0.303 e. The molecule has 0 heterocycles. The first-order valence-corrected chi connectivity index (χ1v) is 10.8. The summed E-state index contributed by atoms with van der Waals surface area (Å²) in [6, 6.07) is 0. The van der Waals surface area contributed by atoms with E-state index in [0.717, 1.165) is 32.1 Å². The average Bonchev–Trinajstić information content (AvgIpc) is 2.86. The molecular formula is C21H35BrO4. The largest absolute Gasteiger partial charge is 0.481 e. The molecule has 1 aliphatic rings. The number of aliphatic hydroxyl groups excluding tert-OH is 2. The molecule has 0 saturated heterocycles. The first-order valence-electron chi connectivity index (χ1n) is 9.92. The molecule has 0 amide bonds. The Kier molecular flexibility index (Phi) is 11.4. The van der Waals surface area contributed by atoms with Crippen LogP contribution in [0.5, 0.6) is 0 Å². The number of hydrogen-bond acceptors (Lipinski definition) is 3. The van der Waals surface area contributed by atoms with E-state index in [1.807, 2.05) is 18.2 Å². The van der Waals surface area contributed by atoms with Gasteiger partial charge in [0.05, 0.1) is 12.2 Å². The fraction of sp³-hybridized carbons (Fsp3) is 0.762. The highest BCUT2D eigenvalue weighted by atomic mass is 79.9. The zero-order valence-corrected chi connectivity index (χ0v) is 17.6. The van der Waals surface area contributed by atoms with Crippen molar-refractivity contribution in [3.63, 3.8) is 0 Å². The maximum Gasteiger partial charge on any atom is 0.303 e. The van der Waals surface area contributed by atoms with Crippen LogP contribution in [0.2, 0.25) is 0 Å². The summed E-state index contributed by atoms with van der Waals surface area (Å²) in [5, 5.41) is 29.3. The van der Waals surface area contributed by atoms with Crippen molar-refractivity contribution in [3.8, 4) is 0 Å². The third kappa shape index (κ3) is 8.36. The van der Waals surface area contributed by atoms with Crippen molar-refractivity contribution in [2.75, 3.05) is 0 Å². The minimum absolute atomic E-state index is 0.0380. The Morgan fingerprint density at radius 1 is 1.31 bits per heavy atom. The van der Waals surface area contributed by atoms with E-state index >= 15 is 0 Å². The molecule has 150 valence electrons. The molecule has 1 unspecified atom stereocenters. The monoisotopic (exact) mass is 430 g/mol. The van der Waals surface area contributed by atoms with Gasteiger partial charge >= 0.3 is 5.97 Å². The molecule has 26 heavy (non-hydrogen) atoms. The van der Waals surface area contributed by atoms with E-state index in [0.29, 0.717) is 12.8 Å². The molecule has 0 aromatic carbocycles. The number of allylic oxidation sites excluding steroid dienone is 2. The van der Waals surface area contributed by atoms with Crippen molar-refractivity contribution in [2.24, 2.45) is 17.8 Å². The molecule has 6 atom stereocenters. The van der Waals surface area contributed by atoms with Crippen LogP contribution in [0.3, 0.4) is 0 Å². The molecule has 0 radical (unpaired) electrons. The molecule has 1 saturated carbocycles. The Hall–Kier alpha value is -0.650. The molecule has 0 aliphatic heterocycles. The Labute approximate surface area is 166 Å². The summed E-state index contributed by atoms with van der Waals surface area (Å²) in [5.41, 5.74) is 0. The second kappa shape index (κ2) is 12.7. The number of carbonyl (C=O) groups is 1. The van der Waals surface area contributed by atoms with Crippen molar-refractivity contribution >= 4 is 21.9 Å². The van der Waals surface area contributed by atoms with Crippen LogP contribution >= 0.6 is 15.9 Å². The van der Waals surface area contributed by atoms with Crippen molar-refractivity contribution in [1.29, 1.82) is 0 Å². The lowest BCUT2D eigenvalue weighted by Gasteiger charge is -2.21. The first-order chi connectivity index (χ1) is 12.4. The topological polar surface area (TPSA) is 77.8 Å². The quantitative estimate of drug-likeness (QED) is 0.238. The van der Waals surface area contributed by atoms with Crippen LogP contribution in [0.1, 0.15) is 65.2 Å². The van der Waals surface area contributed by atoms with Gasteiger partial charge in [-0.15, -0.1) is 0 Å². The summed E-state index contributed by atoms with van der Waals surface area (Å²) < 4.78 is 0. The third-order valence-electron chi connectivity index (χ3n) is 5.33. The molecule has 4 nitrogen and oxygen atoms in total. The van der Waals surface area contributed by atoms with Crippen LogP contribution in [-0.4, -0.2) is 38.3 Å². The number of alkyl halides is 1. The highest BCUT2D eigenvalue weighted by molar-refractivity contribution is 9.09. The van der Waals surface area contributed by atoms with Gasteiger partial charge in [-0.1, -0.05) is 66.9 Å².